The van der Waals surface area contributed by atoms with Crippen LogP contribution in [-0.4, -0.2) is 244 Å². The van der Waals surface area contributed by atoms with Crippen LogP contribution in [-0.2, 0) is 52.5 Å². The Morgan fingerprint density at radius 3 is 2.11 bits per heavy atom. The number of carbonyl (C=O) groups is 10. The standard InChI is InChI=1S/C70H91N9O16/c1-7-26-70(90)27-25-53-50-21-17-46-41-48(80)20-22-49(46)60(50)52(42-69(53,70)2)45-15-18-47(19-16-45)73(3)29-9-14-59(82)77-33-31-75(67(88)91-5)44-57(77)65(86)78-34-32-76(68(89)92-6)43-56(78)64(85)74(4)30-11-36-94-38-40-95-39-37-93-35-10-28-71-54-13-8-12-51-61(54)66(87)79(63(51)84)55-23-24-58(81)72-62(55)83/h8,12-13,15-16,18-19,41,50,52-53,55-57,71,90H,9-11,14,17,20-25,27-40,42-44H2,1-6H3,(H,72,81,83)/t50-,52+,53-,55?,56?,57?,69-,70-/m0/s1. The first-order valence-electron chi connectivity index (χ1n) is 33.5. The van der Waals surface area contributed by atoms with Crippen LogP contribution in [0, 0.1) is 29.1 Å². The van der Waals surface area contributed by atoms with Crippen molar-refractivity contribution in [3.8, 4) is 11.8 Å². The van der Waals surface area contributed by atoms with Gasteiger partial charge in [-0.1, -0.05) is 36.6 Å². The van der Waals surface area contributed by atoms with Gasteiger partial charge in [0, 0.05) is 115 Å². The fraction of sp³-hybridized carbons (Fsp3) is 0.600. The SMILES string of the molecule is CC#C[C@]1(O)CC[C@H]2[C@@H]3CCC4=CC(=O)CCC4=C3[C@@H](c3ccc(N(C)CCCC(=O)N4CCN(C(=O)OC)CC4C(=O)N4CCN(C(=O)OC)CC4C(=O)N(C)CCCOCCOCCOCCCNc4cccc5c4C(=O)N(C4CCC(=O)NC4=O)C5=O)cc3)C[C@@]21C. The molecule has 2 aromatic carbocycles. The smallest absolute Gasteiger partial charge is 0.409 e. The summed E-state index contributed by atoms with van der Waals surface area (Å²) in [5.41, 5.74) is 5.44. The zero-order valence-electron chi connectivity index (χ0n) is 55.6. The van der Waals surface area contributed by atoms with Crippen molar-refractivity contribution in [3.63, 3.8) is 0 Å². The highest BCUT2D eigenvalue weighted by Gasteiger charge is 2.63. The molecule has 3 N–H and O–H groups in total. The molecule has 25 heteroatoms. The van der Waals surface area contributed by atoms with Crippen molar-refractivity contribution in [1.29, 1.82) is 0 Å². The van der Waals surface area contributed by atoms with Crippen molar-refractivity contribution >= 4 is 70.7 Å². The first-order chi connectivity index (χ1) is 45.7. The van der Waals surface area contributed by atoms with Crippen LogP contribution in [0.1, 0.15) is 130 Å². The molecule has 8 atom stereocenters. The van der Waals surface area contributed by atoms with Crippen molar-refractivity contribution < 1.29 is 76.7 Å². The lowest BCUT2D eigenvalue weighted by atomic mass is 9.51. The summed E-state index contributed by atoms with van der Waals surface area (Å²) in [6.45, 7) is 7.05. The second-order valence-electron chi connectivity index (χ2n) is 26.3. The van der Waals surface area contributed by atoms with Gasteiger partial charge in [-0.05, 0) is 130 Å². The first-order valence-corrected chi connectivity index (χ1v) is 33.5. The van der Waals surface area contributed by atoms with Crippen molar-refractivity contribution in [2.45, 2.75) is 127 Å². The number of nitrogens with zero attached hydrogens (tertiary/aromatic N) is 7. The van der Waals surface area contributed by atoms with E-state index in [-0.39, 0.29) is 100 Å². The predicted molar refractivity (Wildman–Crippen MR) is 347 cm³/mol. The maximum Gasteiger partial charge on any atom is 0.409 e. The molecule has 10 rings (SSSR count). The molecule has 3 unspecified atom stereocenters. The molecule has 25 nitrogen and oxygen atoms in total. The summed E-state index contributed by atoms with van der Waals surface area (Å²) >= 11 is 0. The van der Waals surface area contributed by atoms with Gasteiger partial charge in [0.1, 0.15) is 23.7 Å². The quantitative estimate of drug-likeness (QED) is 0.0714. The maximum atomic E-state index is 15.0. The lowest BCUT2D eigenvalue weighted by Gasteiger charge is -2.53. The number of imide groups is 2. The van der Waals surface area contributed by atoms with Crippen LogP contribution in [0.3, 0.4) is 0 Å². The maximum absolute atomic E-state index is 15.0. The fourth-order valence-corrected chi connectivity index (χ4v) is 15.8. The molecule has 4 heterocycles. The van der Waals surface area contributed by atoms with Crippen LogP contribution in [0.25, 0.3) is 0 Å². The second kappa shape index (κ2) is 30.7. The number of ketones is 1. The number of carbonyl (C=O) groups excluding carboxylic acids is 10. The molecular weight excluding hydrogens is 1220 g/mol. The number of ether oxygens (including phenoxy) is 5. The minimum Gasteiger partial charge on any atom is -0.453 e. The number of rotatable bonds is 24. The van der Waals surface area contributed by atoms with E-state index in [9.17, 15) is 53.1 Å². The van der Waals surface area contributed by atoms with Crippen LogP contribution in [0.2, 0.25) is 0 Å². The number of benzene rings is 2. The van der Waals surface area contributed by atoms with Gasteiger partial charge in [-0.15, -0.1) is 5.92 Å². The van der Waals surface area contributed by atoms with Gasteiger partial charge in [-0.25, -0.2) is 9.59 Å². The van der Waals surface area contributed by atoms with Crippen molar-refractivity contribution in [1.82, 2.24) is 34.7 Å². The van der Waals surface area contributed by atoms with Crippen LogP contribution >= 0.6 is 0 Å². The molecule has 2 aromatic rings. The highest BCUT2D eigenvalue weighted by molar-refractivity contribution is 6.25. The summed E-state index contributed by atoms with van der Waals surface area (Å²) in [7, 11) is 6.08. The number of nitrogens with one attached hydrogen (secondary N) is 2. The average molecular weight is 1310 g/mol. The Morgan fingerprint density at radius 1 is 0.747 bits per heavy atom. The van der Waals surface area contributed by atoms with Gasteiger partial charge >= 0.3 is 12.2 Å². The Bertz CT molecular complexity index is 3420. The molecule has 4 aliphatic carbocycles. The van der Waals surface area contributed by atoms with E-state index in [2.05, 4.69) is 58.6 Å². The van der Waals surface area contributed by atoms with E-state index < -0.39 is 76.8 Å². The topological polar surface area (TPSA) is 284 Å². The molecule has 2 saturated carbocycles. The summed E-state index contributed by atoms with van der Waals surface area (Å²) in [6, 6.07) is 10.1. The largest absolute Gasteiger partial charge is 0.453 e. The van der Waals surface area contributed by atoms with Crippen molar-refractivity contribution in [2.75, 3.05) is 137 Å². The third kappa shape index (κ3) is 14.8. The van der Waals surface area contributed by atoms with E-state index >= 15 is 0 Å². The Morgan fingerprint density at radius 2 is 1.42 bits per heavy atom. The normalized spacial score (nSPS) is 25.6. The van der Waals surface area contributed by atoms with Crippen LogP contribution in [0.4, 0.5) is 21.0 Å². The van der Waals surface area contributed by atoms with E-state index in [1.165, 1.54) is 55.4 Å². The van der Waals surface area contributed by atoms with Gasteiger partial charge in [0.2, 0.25) is 29.5 Å². The predicted octanol–water partition coefficient (Wildman–Crippen LogP) is 4.92. The number of piperidine rings is 1. The zero-order valence-corrected chi connectivity index (χ0v) is 55.6. The minimum atomic E-state index is -1.14. The Labute approximate surface area is 555 Å². The number of aliphatic hydroxyl groups is 1. The summed E-state index contributed by atoms with van der Waals surface area (Å²) in [6.07, 6.45) is 7.65. The zero-order chi connectivity index (χ0) is 67.7. The van der Waals surface area contributed by atoms with E-state index in [0.717, 1.165) is 48.3 Å². The monoisotopic (exact) mass is 1310 g/mol. The van der Waals surface area contributed by atoms with Gasteiger partial charge in [0.05, 0.1) is 64.9 Å². The number of piperazine rings is 2. The lowest BCUT2D eigenvalue weighted by Crippen LogP contribution is -2.67. The Balaban J connectivity index is 0.676. The molecule has 9 amide bonds. The number of fused-ring (bicyclic) bond motifs is 5. The van der Waals surface area contributed by atoms with Crippen LogP contribution < -0.4 is 15.5 Å². The molecule has 0 aromatic heterocycles. The number of hydrogen-bond donors (Lipinski definition) is 3. The molecule has 4 aliphatic heterocycles. The van der Waals surface area contributed by atoms with Crippen molar-refractivity contribution in [3.05, 3.63) is 82.0 Å². The highest BCUT2D eigenvalue weighted by atomic mass is 16.6. The van der Waals surface area contributed by atoms with E-state index in [4.69, 9.17) is 23.7 Å². The fourth-order valence-electron chi connectivity index (χ4n) is 15.8. The molecular formula is C70H91N9O16. The van der Waals surface area contributed by atoms with Gasteiger partial charge in [0.25, 0.3) is 11.8 Å². The highest BCUT2D eigenvalue weighted by Crippen LogP contribution is 2.66. The first kappa shape index (κ1) is 69.6. The van der Waals surface area contributed by atoms with Gasteiger partial charge in [-0.3, -0.25) is 48.6 Å². The molecule has 0 bridgehead atoms. The van der Waals surface area contributed by atoms with E-state index in [1.807, 2.05) is 13.1 Å². The number of allylic oxidation sites excluding steroid dienone is 4. The van der Waals surface area contributed by atoms with Gasteiger partial charge < -0.3 is 63.5 Å². The summed E-state index contributed by atoms with van der Waals surface area (Å²) < 4.78 is 27.3. The summed E-state index contributed by atoms with van der Waals surface area (Å²) in [5, 5.41) is 17.6. The number of anilines is 2. The van der Waals surface area contributed by atoms with Crippen LogP contribution in [0.5, 0.6) is 0 Å². The third-order valence-corrected chi connectivity index (χ3v) is 20.8. The second-order valence-corrected chi connectivity index (χ2v) is 26.3. The van der Waals surface area contributed by atoms with Gasteiger partial charge in [-0.2, -0.15) is 0 Å². The Hall–Kier alpha value is -8.18. The molecule has 3 saturated heterocycles. The number of methoxy groups -OCH3 is 2. The Kier molecular flexibility index (Phi) is 22.5. The molecule has 0 radical (unpaired) electrons. The van der Waals surface area contributed by atoms with Gasteiger partial charge in [0.15, 0.2) is 5.78 Å². The molecule has 8 aliphatic rings. The summed E-state index contributed by atoms with van der Waals surface area (Å²) in [5.74, 6) is 3.63. The van der Waals surface area contributed by atoms with E-state index in [1.54, 1.807) is 32.2 Å². The molecule has 512 valence electrons. The molecule has 95 heavy (non-hydrogen) atoms. The number of amides is 9. The third-order valence-electron chi connectivity index (χ3n) is 20.8. The molecule has 0 spiro atoms. The molecule has 5 fully saturated rings. The number of likely N-dealkylation sites (N-methyl/N-ethyl adjacent to an activating group) is 1. The van der Waals surface area contributed by atoms with E-state index in [0.29, 0.717) is 95.8 Å². The average Bonchev–Trinajstić information content (AvgIpc) is 1.65. The summed E-state index contributed by atoms with van der Waals surface area (Å²) in [4.78, 5) is 143. The van der Waals surface area contributed by atoms with Crippen LogP contribution in [0.15, 0.2) is 65.3 Å². The lowest BCUT2D eigenvalue weighted by molar-refractivity contribution is -0.156. The minimum absolute atomic E-state index is 0.0301. The number of hydrogen-bond acceptors (Lipinski definition) is 18. The van der Waals surface area contributed by atoms with Crippen molar-refractivity contribution in [2.24, 2.45) is 17.3 Å².